The van der Waals surface area contributed by atoms with Crippen molar-refractivity contribution < 1.29 is 10.2 Å². The van der Waals surface area contributed by atoms with Crippen LogP contribution in [0.2, 0.25) is 0 Å². The van der Waals surface area contributed by atoms with Crippen LogP contribution in [-0.4, -0.2) is 67.1 Å². The molecule has 17 heavy (non-hydrogen) atoms. The molecular formula is C12H29N3O2. The number of nitrogens with zero attached hydrogens (tertiary/aromatic N) is 1. The Morgan fingerprint density at radius 3 is 2.65 bits per heavy atom. The van der Waals surface area contributed by atoms with E-state index in [1.165, 1.54) is 0 Å². The number of rotatable bonds is 11. The predicted octanol–water partition coefficient (Wildman–Crippen LogP) is -0.621. The monoisotopic (exact) mass is 247 g/mol. The number of hydrogen-bond acceptors (Lipinski definition) is 5. The second-order valence-electron chi connectivity index (χ2n) is 4.73. The minimum atomic E-state index is -0.386. The summed E-state index contributed by atoms with van der Waals surface area (Å²) < 4.78 is 0. The van der Waals surface area contributed by atoms with Gasteiger partial charge in [-0.3, -0.25) is 0 Å². The fourth-order valence-electron chi connectivity index (χ4n) is 1.72. The molecule has 0 rings (SSSR count). The van der Waals surface area contributed by atoms with Gasteiger partial charge in [-0.05, 0) is 33.4 Å². The summed E-state index contributed by atoms with van der Waals surface area (Å²) in [6, 6.07) is 0.416. The van der Waals surface area contributed by atoms with Gasteiger partial charge in [0.2, 0.25) is 0 Å². The van der Waals surface area contributed by atoms with Crippen molar-refractivity contribution in [3.8, 4) is 0 Å². The molecule has 0 bridgehead atoms. The number of nitrogens with one attached hydrogen (secondary N) is 1. The van der Waals surface area contributed by atoms with Gasteiger partial charge in [-0.15, -0.1) is 0 Å². The Balaban J connectivity index is 3.50. The molecular weight excluding hydrogens is 218 g/mol. The smallest absolute Gasteiger partial charge is 0.0791 e. The van der Waals surface area contributed by atoms with E-state index in [9.17, 15) is 5.11 Å². The average molecular weight is 247 g/mol. The first kappa shape index (κ1) is 16.8. The van der Waals surface area contributed by atoms with Crippen LogP contribution < -0.4 is 11.1 Å². The first-order chi connectivity index (χ1) is 8.10. The highest BCUT2D eigenvalue weighted by molar-refractivity contribution is 4.68. The van der Waals surface area contributed by atoms with Crippen LogP contribution >= 0.6 is 0 Å². The number of aliphatic hydroxyl groups excluding tert-OH is 2. The van der Waals surface area contributed by atoms with Crippen LogP contribution in [0, 0.1) is 0 Å². The second-order valence-corrected chi connectivity index (χ2v) is 4.73. The third-order valence-electron chi connectivity index (χ3n) is 2.80. The zero-order chi connectivity index (χ0) is 13.1. The molecule has 0 saturated carbocycles. The van der Waals surface area contributed by atoms with Crippen LogP contribution in [0.5, 0.6) is 0 Å². The van der Waals surface area contributed by atoms with Crippen molar-refractivity contribution in [2.45, 2.75) is 38.3 Å². The summed E-state index contributed by atoms with van der Waals surface area (Å²) >= 11 is 0. The number of nitrogens with two attached hydrogens (primary N) is 1. The van der Waals surface area contributed by atoms with Crippen molar-refractivity contribution in [1.82, 2.24) is 10.2 Å². The van der Waals surface area contributed by atoms with E-state index in [1.807, 2.05) is 11.9 Å². The molecule has 0 saturated heterocycles. The third-order valence-corrected chi connectivity index (χ3v) is 2.80. The number of hydrogen-bond donors (Lipinski definition) is 4. The van der Waals surface area contributed by atoms with Gasteiger partial charge in [0.05, 0.1) is 12.7 Å². The topological polar surface area (TPSA) is 81.8 Å². The Kier molecular flexibility index (Phi) is 10.8. The lowest BCUT2D eigenvalue weighted by Gasteiger charge is -2.21. The first-order valence-corrected chi connectivity index (χ1v) is 6.51. The van der Waals surface area contributed by atoms with E-state index in [0.717, 1.165) is 25.8 Å². The minimum absolute atomic E-state index is 0.131. The summed E-state index contributed by atoms with van der Waals surface area (Å²) in [6.45, 7) is 4.79. The molecule has 5 heteroatoms. The molecule has 0 aliphatic rings. The van der Waals surface area contributed by atoms with Crippen LogP contribution in [0.3, 0.4) is 0 Å². The number of likely N-dealkylation sites (N-methyl/N-ethyl adjacent to an activating group) is 1. The lowest BCUT2D eigenvalue weighted by molar-refractivity contribution is 0.111. The summed E-state index contributed by atoms with van der Waals surface area (Å²) in [5.74, 6) is 0. The molecule has 5 nitrogen and oxygen atoms in total. The standard InChI is InChI=1S/C12H29N3O2/c1-11(5-3-4-6-13)14-9-12(17)10-15(2)7-8-16/h11-12,14,16-17H,3-10,13H2,1-2H3. The van der Waals surface area contributed by atoms with Crippen LogP contribution in [0.25, 0.3) is 0 Å². The molecule has 0 fully saturated rings. The van der Waals surface area contributed by atoms with Crippen molar-refractivity contribution >= 4 is 0 Å². The molecule has 104 valence electrons. The molecule has 0 spiro atoms. The lowest BCUT2D eigenvalue weighted by Crippen LogP contribution is -2.40. The maximum atomic E-state index is 9.76. The Morgan fingerprint density at radius 1 is 1.35 bits per heavy atom. The summed E-state index contributed by atoms with van der Waals surface area (Å²) in [4.78, 5) is 1.92. The fourth-order valence-corrected chi connectivity index (χ4v) is 1.72. The summed E-state index contributed by atoms with van der Waals surface area (Å²) in [6.07, 6.45) is 2.90. The van der Waals surface area contributed by atoms with Crippen LogP contribution in [-0.2, 0) is 0 Å². The predicted molar refractivity (Wildman–Crippen MR) is 71.0 cm³/mol. The van der Waals surface area contributed by atoms with E-state index in [1.54, 1.807) is 0 Å². The van der Waals surface area contributed by atoms with Crippen molar-refractivity contribution in [3.05, 3.63) is 0 Å². The van der Waals surface area contributed by atoms with Gasteiger partial charge in [0.25, 0.3) is 0 Å². The molecule has 0 aromatic carbocycles. The Hall–Kier alpha value is -0.200. The molecule has 0 aliphatic heterocycles. The van der Waals surface area contributed by atoms with Crippen molar-refractivity contribution in [2.75, 3.05) is 39.8 Å². The maximum absolute atomic E-state index is 9.76. The van der Waals surface area contributed by atoms with Gasteiger partial charge in [-0.2, -0.15) is 0 Å². The number of unbranched alkanes of at least 4 members (excludes halogenated alkanes) is 1. The van der Waals surface area contributed by atoms with E-state index < -0.39 is 0 Å². The van der Waals surface area contributed by atoms with Crippen molar-refractivity contribution in [2.24, 2.45) is 5.73 Å². The normalized spacial score (nSPS) is 15.2. The van der Waals surface area contributed by atoms with Crippen LogP contribution in [0.1, 0.15) is 26.2 Å². The quantitative estimate of drug-likeness (QED) is 0.366. The van der Waals surface area contributed by atoms with Crippen LogP contribution in [0.4, 0.5) is 0 Å². The molecule has 2 atom stereocenters. The largest absolute Gasteiger partial charge is 0.395 e. The SMILES string of the molecule is CC(CCCCN)NCC(O)CN(C)CCO. The molecule has 2 unspecified atom stereocenters. The highest BCUT2D eigenvalue weighted by Crippen LogP contribution is 1.99. The first-order valence-electron chi connectivity index (χ1n) is 6.51. The molecule has 0 aromatic rings. The van der Waals surface area contributed by atoms with E-state index in [0.29, 0.717) is 25.7 Å². The Bertz CT molecular complexity index is 170. The second kappa shape index (κ2) is 10.9. The van der Waals surface area contributed by atoms with Crippen molar-refractivity contribution in [1.29, 1.82) is 0 Å². The highest BCUT2D eigenvalue weighted by atomic mass is 16.3. The third kappa shape index (κ3) is 10.7. The zero-order valence-electron chi connectivity index (χ0n) is 11.2. The van der Waals surface area contributed by atoms with Gasteiger partial charge in [-0.1, -0.05) is 6.42 Å². The van der Waals surface area contributed by atoms with Gasteiger partial charge < -0.3 is 26.2 Å². The highest BCUT2D eigenvalue weighted by Gasteiger charge is 2.09. The minimum Gasteiger partial charge on any atom is -0.395 e. The fraction of sp³-hybridized carbons (Fsp3) is 1.00. The van der Waals surface area contributed by atoms with Gasteiger partial charge in [0, 0.05) is 25.7 Å². The van der Waals surface area contributed by atoms with Gasteiger partial charge >= 0.3 is 0 Å². The van der Waals surface area contributed by atoms with E-state index in [2.05, 4.69) is 12.2 Å². The zero-order valence-corrected chi connectivity index (χ0v) is 11.2. The van der Waals surface area contributed by atoms with Crippen LogP contribution in [0.15, 0.2) is 0 Å². The summed E-state index contributed by atoms with van der Waals surface area (Å²) in [7, 11) is 1.89. The van der Waals surface area contributed by atoms with E-state index >= 15 is 0 Å². The van der Waals surface area contributed by atoms with Gasteiger partial charge in [0.1, 0.15) is 0 Å². The molecule has 0 aromatic heterocycles. The van der Waals surface area contributed by atoms with E-state index in [4.69, 9.17) is 10.8 Å². The Morgan fingerprint density at radius 2 is 2.06 bits per heavy atom. The molecule has 0 aliphatic carbocycles. The number of aliphatic hydroxyl groups is 2. The van der Waals surface area contributed by atoms with Gasteiger partial charge in [-0.25, -0.2) is 0 Å². The summed E-state index contributed by atoms with van der Waals surface area (Å²) in [5.41, 5.74) is 5.43. The van der Waals surface area contributed by atoms with Crippen molar-refractivity contribution in [3.63, 3.8) is 0 Å². The van der Waals surface area contributed by atoms with E-state index in [-0.39, 0.29) is 12.7 Å². The molecule has 0 amide bonds. The molecule has 5 N–H and O–H groups in total. The molecule has 0 heterocycles. The maximum Gasteiger partial charge on any atom is 0.0791 e. The van der Waals surface area contributed by atoms with Gasteiger partial charge in [0.15, 0.2) is 0 Å². The summed E-state index contributed by atoms with van der Waals surface area (Å²) in [5, 5.41) is 21.8. The average Bonchev–Trinajstić information content (AvgIpc) is 2.27. The molecule has 0 radical (unpaired) electrons. The Labute approximate surface area is 105 Å². The lowest BCUT2D eigenvalue weighted by atomic mass is 10.1.